The van der Waals surface area contributed by atoms with E-state index < -0.39 is 0 Å². The molecule has 2 rings (SSSR count). The van der Waals surface area contributed by atoms with Gasteiger partial charge in [0.05, 0.1) is 0 Å². The van der Waals surface area contributed by atoms with Crippen LogP contribution in [-0.2, 0) is 17.3 Å². The summed E-state index contributed by atoms with van der Waals surface area (Å²) in [5.74, 6) is 0.404. The number of phenolic OH excluding ortho intramolecular Hbond substituents is 1. The Morgan fingerprint density at radius 3 is 2.50 bits per heavy atom. The molecule has 2 heteroatoms. The summed E-state index contributed by atoms with van der Waals surface area (Å²) in [5, 5.41) is 12.2. The number of aryl methyl sites for hydroxylation is 1. The van der Waals surface area contributed by atoms with Crippen LogP contribution in [0.25, 0.3) is 10.8 Å². The SMILES string of the molecule is CCc1ccc([S+](C)C)c2cccc(O)c12. The van der Waals surface area contributed by atoms with Gasteiger partial charge in [0.15, 0.2) is 4.90 Å². The van der Waals surface area contributed by atoms with Crippen LogP contribution in [-0.4, -0.2) is 17.6 Å². The molecule has 0 atom stereocenters. The Kier molecular flexibility index (Phi) is 3.10. The lowest BCUT2D eigenvalue weighted by Crippen LogP contribution is -1.98. The Morgan fingerprint density at radius 1 is 1.12 bits per heavy atom. The molecule has 0 radical (unpaired) electrons. The summed E-state index contributed by atoms with van der Waals surface area (Å²) in [6, 6.07) is 10.1. The molecule has 0 aliphatic carbocycles. The molecule has 0 aliphatic heterocycles. The number of hydrogen-bond acceptors (Lipinski definition) is 1. The minimum absolute atomic E-state index is 0.217. The highest BCUT2D eigenvalue weighted by Crippen LogP contribution is 2.32. The Labute approximate surface area is 99.5 Å². The number of rotatable bonds is 2. The summed E-state index contributed by atoms with van der Waals surface area (Å²) in [6.45, 7) is 2.12. The minimum Gasteiger partial charge on any atom is -0.507 e. The number of fused-ring (bicyclic) bond motifs is 1. The van der Waals surface area contributed by atoms with Gasteiger partial charge in [-0.25, -0.2) is 0 Å². The van der Waals surface area contributed by atoms with E-state index >= 15 is 0 Å². The van der Waals surface area contributed by atoms with Crippen molar-refractivity contribution in [2.45, 2.75) is 18.2 Å². The molecule has 0 aliphatic rings. The second-order valence-corrected chi connectivity index (χ2v) is 6.17. The second-order valence-electron chi connectivity index (χ2n) is 4.09. The highest BCUT2D eigenvalue weighted by Gasteiger charge is 2.16. The highest BCUT2D eigenvalue weighted by atomic mass is 32.2. The summed E-state index contributed by atoms with van der Waals surface area (Å²) in [4.78, 5) is 1.34. The minimum atomic E-state index is 0.217. The van der Waals surface area contributed by atoms with Gasteiger partial charge in [-0.3, -0.25) is 0 Å². The molecule has 2 aromatic rings. The van der Waals surface area contributed by atoms with Gasteiger partial charge < -0.3 is 5.11 Å². The maximum Gasteiger partial charge on any atom is 0.162 e. The Hall–Kier alpha value is -1.15. The average molecular weight is 233 g/mol. The molecule has 0 saturated carbocycles. The molecule has 0 saturated heterocycles. The van der Waals surface area contributed by atoms with Gasteiger partial charge in [-0.05, 0) is 30.2 Å². The lowest BCUT2D eigenvalue weighted by molar-refractivity contribution is 0.481. The Morgan fingerprint density at radius 2 is 1.88 bits per heavy atom. The van der Waals surface area contributed by atoms with Crippen molar-refractivity contribution in [2.75, 3.05) is 12.5 Å². The Bertz CT molecular complexity index is 517. The first kappa shape index (κ1) is 11.3. The molecule has 0 amide bonds. The zero-order valence-electron chi connectivity index (χ0n) is 9.95. The van der Waals surface area contributed by atoms with E-state index in [0.29, 0.717) is 5.75 Å². The maximum absolute atomic E-state index is 9.99. The quantitative estimate of drug-likeness (QED) is 0.789. The van der Waals surface area contributed by atoms with Crippen molar-refractivity contribution in [3.8, 4) is 5.75 Å². The molecule has 0 unspecified atom stereocenters. The van der Waals surface area contributed by atoms with E-state index in [4.69, 9.17) is 0 Å². The third-order valence-electron chi connectivity index (χ3n) is 2.89. The third kappa shape index (κ3) is 1.78. The molecule has 0 fully saturated rings. The van der Waals surface area contributed by atoms with Crippen LogP contribution in [0.3, 0.4) is 0 Å². The largest absolute Gasteiger partial charge is 0.507 e. The van der Waals surface area contributed by atoms with Crippen molar-refractivity contribution >= 4 is 21.7 Å². The van der Waals surface area contributed by atoms with Gasteiger partial charge >= 0.3 is 0 Å². The van der Waals surface area contributed by atoms with Gasteiger partial charge in [0.2, 0.25) is 0 Å². The first-order valence-corrected chi connectivity index (χ1v) is 7.50. The summed E-state index contributed by atoms with van der Waals surface area (Å²) >= 11 is 0. The molecule has 1 N–H and O–H groups in total. The normalized spacial score (nSPS) is 11.2. The second kappa shape index (κ2) is 4.38. The summed E-state index contributed by atoms with van der Waals surface area (Å²) in [6.07, 6.45) is 5.38. The van der Waals surface area contributed by atoms with E-state index in [9.17, 15) is 5.11 Å². The predicted molar refractivity (Wildman–Crippen MR) is 72.5 cm³/mol. The summed E-state index contributed by atoms with van der Waals surface area (Å²) < 4.78 is 0. The van der Waals surface area contributed by atoms with Crippen LogP contribution in [0.2, 0.25) is 0 Å². The summed E-state index contributed by atoms with van der Waals surface area (Å²) in [5.41, 5.74) is 1.22. The van der Waals surface area contributed by atoms with E-state index in [1.165, 1.54) is 15.8 Å². The van der Waals surface area contributed by atoms with Gasteiger partial charge in [0.1, 0.15) is 18.3 Å². The van der Waals surface area contributed by atoms with Crippen molar-refractivity contribution in [1.82, 2.24) is 0 Å². The van der Waals surface area contributed by atoms with Crippen LogP contribution >= 0.6 is 0 Å². The number of benzene rings is 2. The van der Waals surface area contributed by atoms with Crippen LogP contribution in [0.5, 0.6) is 5.75 Å². The monoisotopic (exact) mass is 233 g/mol. The van der Waals surface area contributed by atoms with Gasteiger partial charge in [-0.2, -0.15) is 0 Å². The van der Waals surface area contributed by atoms with Crippen LogP contribution in [0.4, 0.5) is 0 Å². The maximum atomic E-state index is 9.99. The fourth-order valence-electron chi connectivity index (χ4n) is 2.08. The van der Waals surface area contributed by atoms with E-state index in [2.05, 4.69) is 37.6 Å². The smallest absolute Gasteiger partial charge is 0.162 e. The lowest BCUT2D eigenvalue weighted by atomic mass is 10.0. The van der Waals surface area contributed by atoms with Crippen molar-refractivity contribution in [1.29, 1.82) is 0 Å². The van der Waals surface area contributed by atoms with E-state index in [-0.39, 0.29) is 10.9 Å². The number of phenols is 1. The molecular formula is C14H17OS+. The predicted octanol–water partition coefficient (Wildman–Crippen LogP) is 3.34. The van der Waals surface area contributed by atoms with Crippen molar-refractivity contribution in [3.05, 3.63) is 35.9 Å². The molecular weight excluding hydrogens is 216 g/mol. The first-order valence-electron chi connectivity index (χ1n) is 5.46. The molecule has 1 nitrogen and oxygen atoms in total. The van der Waals surface area contributed by atoms with Crippen molar-refractivity contribution < 1.29 is 5.11 Å². The fourth-order valence-corrected chi connectivity index (χ4v) is 3.03. The van der Waals surface area contributed by atoms with Gasteiger partial charge in [0, 0.05) is 21.7 Å². The molecule has 84 valence electrons. The molecule has 0 aromatic heterocycles. The van der Waals surface area contributed by atoms with E-state index in [1.54, 1.807) is 6.07 Å². The van der Waals surface area contributed by atoms with Crippen molar-refractivity contribution in [2.24, 2.45) is 0 Å². The molecule has 0 bridgehead atoms. The standard InChI is InChI=1S/C14H16OS/c1-4-10-8-9-13(16(2)3)11-6-5-7-12(15)14(10)11/h5-9H,4H2,1-3H3/p+1. The fraction of sp³-hybridized carbons (Fsp3) is 0.286. The zero-order chi connectivity index (χ0) is 11.7. The van der Waals surface area contributed by atoms with E-state index in [0.717, 1.165) is 11.8 Å². The van der Waals surface area contributed by atoms with Gasteiger partial charge in [0.25, 0.3) is 0 Å². The molecule has 2 aromatic carbocycles. The molecule has 16 heavy (non-hydrogen) atoms. The average Bonchev–Trinajstić information content (AvgIpc) is 2.27. The van der Waals surface area contributed by atoms with Crippen LogP contribution in [0.15, 0.2) is 35.2 Å². The number of hydrogen-bond donors (Lipinski definition) is 1. The van der Waals surface area contributed by atoms with Gasteiger partial charge in [-0.1, -0.05) is 19.1 Å². The van der Waals surface area contributed by atoms with Crippen LogP contribution in [0.1, 0.15) is 12.5 Å². The van der Waals surface area contributed by atoms with Crippen LogP contribution < -0.4 is 0 Å². The van der Waals surface area contributed by atoms with E-state index in [1.807, 2.05) is 6.07 Å². The Balaban J connectivity index is 2.85. The number of aromatic hydroxyl groups is 1. The first-order chi connectivity index (χ1) is 7.65. The highest BCUT2D eigenvalue weighted by molar-refractivity contribution is 7.95. The van der Waals surface area contributed by atoms with Crippen molar-refractivity contribution in [3.63, 3.8) is 0 Å². The lowest BCUT2D eigenvalue weighted by Gasteiger charge is -2.09. The molecule has 0 heterocycles. The topological polar surface area (TPSA) is 20.2 Å². The zero-order valence-corrected chi connectivity index (χ0v) is 10.8. The van der Waals surface area contributed by atoms with Gasteiger partial charge in [-0.15, -0.1) is 0 Å². The van der Waals surface area contributed by atoms with Crippen LogP contribution in [0, 0.1) is 0 Å². The summed E-state index contributed by atoms with van der Waals surface area (Å²) in [7, 11) is 0.217. The third-order valence-corrected chi connectivity index (χ3v) is 4.12. The molecule has 0 spiro atoms.